The van der Waals surface area contributed by atoms with E-state index >= 15 is 0 Å². The Balaban J connectivity index is 2.03. The topological polar surface area (TPSA) is 146 Å². The standard InChI is InChI=1S/C12H15N5O5/c1-5(19)21-9-8(20)6(2-18)22-12(9)17-4-16-7-10(13)14-3-15-11(7)17/h3-4,6,8-9,12,18,20H,2H2,1H3,(H2,13,14,15)/t6-,8-,9+,12-/m1/s1. The summed E-state index contributed by atoms with van der Waals surface area (Å²) in [5.41, 5.74) is 6.47. The van der Waals surface area contributed by atoms with Gasteiger partial charge in [-0.05, 0) is 0 Å². The van der Waals surface area contributed by atoms with Crippen LogP contribution in [0, 0.1) is 0 Å². The minimum Gasteiger partial charge on any atom is -0.455 e. The molecule has 118 valence electrons. The Bertz CT molecular complexity index is 704. The largest absolute Gasteiger partial charge is 0.455 e. The summed E-state index contributed by atoms with van der Waals surface area (Å²) in [6, 6.07) is 0. The lowest BCUT2D eigenvalue weighted by atomic mass is 10.1. The zero-order chi connectivity index (χ0) is 15.9. The first kappa shape index (κ1) is 14.6. The van der Waals surface area contributed by atoms with Crippen molar-refractivity contribution >= 4 is 23.0 Å². The number of fused-ring (bicyclic) bond motifs is 1. The molecule has 1 aliphatic heterocycles. The Hall–Kier alpha value is -2.30. The van der Waals surface area contributed by atoms with Gasteiger partial charge in [0.05, 0.1) is 12.9 Å². The van der Waals surface area contributed by atoms with Gasteiger partial charge < -0.3 is 25.4 Å². The van der Waals surface area contributed by atoms with E-state index in [9.17, 15) is 15.0 Å². The van der Waals surface area contributed by atoms with Gasteiger partial charge in [-0.3, -0.25) is 9.36 Å². The van der Waals surface area contributed by atoms with Crippen molar-refractivity contribution in [1.82, 2.24) is 19.5 Å². The molecule has 4 N–H and O–H groups in total. The first-order chi connectivity index (χ1) is 10.5. The summed E-state index contributed by atoms with van der Waals surface area (Å²) in [4.78, 5) is 23.3. The number of nitrogens with two attached hydrogens (primary N) is 1. The number of ether oxygens (including phenoxy) is 2. The van der Waals surface area contributed by atoms with Gasteiger partial charge in [0.2, 0.25) is 0 Å². The molecule has 10 nitrogen and oxygen atoms in total. The minimum atomic E-state index is -1.17. The van der Waals surface area contributed by atoms with E-state index in [1.807, 2.05) is 0 Å². The number of rotatable bonds is 3. The predicted octanol–water partition coefficient (Wildman–Crippen LogP) is -1.41. The van der Waals surface area contributed by atoms with E-state index in [0.717, 1.165) is 0 Å². The molecule has 1 aliphatic rings. The molecule has 0 saturated carbocycles. The van der Waals surface area contributed by atoms with E-state index in [0.29, 0.717) is 11.2 Å². The number of esters is 1. The third-order valence-corrected chi connectivity index (χ3v) is 3.46. The molecule has 3 heterocycles. The highest BCUT2D eigenvalue weighted by Crippen LogP contribution is 2.33. The maximum absolute atomic E-state index is 11.3. The van der Waals surface area contributed by atoms with E-state index < -0.39 is 37.1 Å². The van der Waals surface area contributed by atoms with Gasteiger partial charge >= 0.3 is 5.97 Å². The molecule has 3 rings (SSSR count). The van der Waals surface area contributed by atoms with Crippen LogP contribution in [0.3, 0.4) is 0 Å². The number of aromatic nitrogens is 4. The van der Waals surface area contributed by atoms with E-state index in [1.165, 1.54) is 24.1 Å². The van der Waals surface area contributed by atoms with Gasteiger partial charge in [0, 0.05) is 6.92 Å². The van der Waals surface area contributed by atoms with Crippen LogP contribution in [0.1, 0.15) is 13.2 Å². The van der Waals surface area contributed by atoms with Gasteiger partial charge in [0.1, 0.15) is 24.1 Å². The van der Waals surface area contributed by atoms with Gasteiger partial charge in [-0.1, -0.05) is 0 Å². The second-order valence-corrected chi connectivity index (χ2v) is 4.90. The van der Waals surface area contributed by atoms with Crippen LogP contribution >= 0.6 is 0 Å². The van der Waals surface area contributed by atoms with Gasteiger partial charge in [-0.25, -0.2) is 15.0 Å². The van der Waals surface area contributed by atoms with Crippen molar-refractivity contribution in [2.24, 2.45) is 0 Å². The molecule has 10 heteroatoms. The molecular weight excluding hydrogens is 294 g/mol. The number of carbonyl (C=O) groups excluding carboxylic acids is 1. The first-order valence-electron chi connectivity index (χ1n) is 6.57. The Morgan fingerprint density at radius 1 is 1.50 bits per heavy atom. The second kappa shape index (κ2) is 5.48. The lowest BCUT2D eigenvalue weighted by molar-refractivity contribution is -0.155. The minimum absolute atomic E-state index is 0.199. The molecule has 0 bridgehead atoms. The Morgan fingerprint density at radius 2 is 2.27 bits per heavy atom. The van der Waals surface area contributed by atoms with Crippen molar-refractivity contribution in [3.05, 3.63) is 12.7 Å². The number of nitrogen functional groups attached to an aromatic ring is 1. The summed E-state index contributed by atoms with van der Waals surface area (Å²) in [5.74, 6) is -0.375. The number of aliphatic hydroxyl groups excluding tert-OH is 2. The van der Waals surface area contributed by atoms with Crippen LogP contribution in [0.2, 0.25) is 0 Å². The fourth-order valence-electron chi connectivity index (χ4n) is 2.47. The fraction of sp³-hybridized carbons (Fsp3) is 0.500. The van der Waals surface area contributed by atoms with Crippen LogP contribution in [0.25, 0.3) is 11.2 Å². The molecule has 4 atom stereocenters. The average Bonchev–Trinajstić information content (AvgIpc) is 3.02. The Morgan fingerprint density at radius 3 is 2.95 bits per heavy atom. The van der Waals surface area contributed by atoms with Crippen LogP contribution in [-0.4, -0.2) is 60.6 Å². The quantitative estimate of drug-likeness (QED) is 0.582. The van der Waals surface area contributed by atoms with Gasteiger partial charge in [0.15, 0.2) is 23.8 Å². The number of hydrogen-bond donors (Lipinski definition) is 3. The number of nitrogens with zero attached hydrogens (tertiary/aromatic N) is 4. The molecule has 0 radical (unpaired) electrons. The van der Waals surface area contributed by atoms with Gasteiger partial charge in [-0.2, -0.15) is 0 Å². The van der Waals surface area contributed by atoms with E-state index in [1.54, 1.807) is 0 Å². The van der Waals surface area contributed by atoms with E-state index in [4.69, 9.17) is 15.2 Å². The number of aliphatic hydroxyl groups is 2. The van der Waals surface area contributed by atoms with Crippen molar-refractivity contribution < 1.29 is 24.5 Å². The molecule has 22 heavy (non-hydrogen) atoms. The van der Waals surface area contributed by atoms with Crippen LogP contribution < -0.4 is 5.73 Å². The monoisotopic (exact) mass is 309 g/mol. The molecule has 0 aromatic carbocycles. The van der Waals surface area contributed by atoms with E-state index in [2.05, 4.69) is 15.0 Å². The Labute approximate surface area is 124 Å². The zero-order valence-corrected chi connectivity index (χ0v) is 11.7. The second-order valence-electron chi connectivity index (χ2n) is 4.90. The predicted molar refractivity (Wildman–Crippen MR) is 72.3 cm³/mol. The summed E-state index contributed by atoms with van der Waals surface area (Å²) in [6.45, 7) is 0.807. The van der Waals surface area contributed by atoms with Crippen molar-refractivity contribution in [3.63, 3.8) is 0 Å². The van der Waals surface area contributed by atoms with Crippen molar-refractivity contribution in [2.75, 3.05) is 12.3 Å². The molecule has 0 amide bonds. The van der Waals surface area contributed by atoms with Crippen molar-refractivity contribution in [3.8, 4) is 0 Å². The van der Waals surface area contributed by atoms with Gasteiger partial charge in [0.25, 0.3) is 0 Å². The van der Waals surface area contributed by atoms with Crippen LogP contribution in [0.4, 0.5) is 5.82 Å². The highest BCUT2D eigenvalue weighted by Gasteiger charge is 2.47. The molecule has 1 fully saturated rings. The molecule has 2 aromatic rings. The fourth-order valence-corrected chi connectivity index (χ4v) is 2.47. The smallest absolute Gasteiger partial charge is 0.303 e. The van der Waals surface area contributed by atoms with Gasteiger partial charge in [-0.15, -0.1) is 0 Å². The third kappa shape index (κ3) is 2.26. The number of hydrogen-bond acceptors (Lipinski definition) is 9. The zero-order valence-electron chi connectivity index (χ0n) is 11.7. The summed E-state index contributed by atoms with van der Waals surface area (Å²) < 4.78 is 12.2. The number of imidazole rings is 1. The molecule has 0 spiro atoms. The first-order valence-corrected chi connectivity index (χ1v) is 6.57. The van der Waals surface area contributed by atoms with E-state index in [-0.39, 0.29) is 5.82 Å². The molecular formula is C12H15N5O5. The molecule has 0 aliphatic carbocycles. The number of anilines is 1. The molecule has 2 aromatic heterocycles. The highest BCUT2D eigenvalue weighted by atomic mass is 16.6. The van der Waals surface area contributed by atoms with Crippen LogP contribution in [0.5, 0.6) is 0 Å². The summed E-state index contributed by atoms with van der Waals surface area (Å²) in [6.07, 6.45) is -1.25. The summed E-state index contributed by atoms with van der Waals surface area (Å²) >= 11 is 0. The molecule has 1 saturated heterocycles. The maximum Gasteiger partial charge on any atom is 0.303 e. The van der Waals surface area contributed by atoms with Crippen LogP contribution in [-0.2, 0) is 14.3 Å². The SMILES string of the molecule is CC(=O)O[C@H]1[C@H](O)[C@@H](CO)O[C@H]1n1cnc2c(N)ncnc21. The van der Waals surface area contributed by atoms with Crippen molar-refractivity contribution in [2.45, 2.75) is 31.5 Å². The normalized spacial score (nSPS) is 28.1. The average molecular weight is 309 g/mol. The lowest BCUT2D eigenvalue weighted by Crippen LogP contribution is -2.36. The molecule has 0 unspecified atom stereocenters. The van der Waals surface area contributed by atoms with Crippen LogP contribution in [0.15, 0.2) is 12.7 Å². The van der Waals surface area contributed by atoms with Crippen molar-refractivity contribution in [1.29, 1.82) is 0 Å². The lowest BCUT2D eigenvalue weighted by Gasteiger charge is -2.21. The highest BCUT2D eigenvalue weighted by molar-refractivity contribution is 5.81. The Kier molecular flexibility index (Phi) is 3.64. The third-order valence-electron chi connectivity index (χ3n) is 3.46. The summed E-state index contributed by atoms with van der Waals surface area (Å²) in [7, 11) is 0. The maximum atomic E-state index is 11.3. The summed E-state index contributed by atoms with van der Waals surface area (Å²) in [5, 5.41) is 19.4. The number of carbonyl (C=O) groups is 1.